The van der Waals surface area contributed by atoms with E-state index in [-0.39, 0.29) is 12.1 Å². The van der Waals surface area contributed by atoms with Gasteiger partial charge in [0.1, 0.15) is 23.9 Å². The van der Waals surface area contributed by atoms with Crippen LogP contribution in [0.1, 0.15) is 42.4 Å². The summed E-state index contributed by atoms with van der Waals surface area (Å²) in [6.07, 6.45) is 4.24. The first-order chi connectivity index (χ1) is 16.6. The van der Waals surface area contributed by atoms with Crippen molar-refractivity contribution in [1.82, 2.24) is 5.32 Å². The molecule has 180 valence electrons. The van der Waals surface area contributed by atoms with E-state index in [4.69, 9.17) is 14.2 Å². The Hall–Kier alpha value is -3.02. The first-order valence-corrected chi connectivity index (χ1v) is 12.0. The number of methoxy groups -OCH3 is 2. The zero-order chi connectivity index (χ0) is 24.0. The molecule has 5 nitrogen and oxygen atoms in total. The average molecular weight is 462 g/mol. The van der Waals surface area contributed by atoms with Gasteiger partial charge in [-0.2, -0.15) is 0 Å². The van der Waals surface area contributed by atoms with Gasteiger partial charge >= 0.3 is 0 Å². The third-order valence-corrected chi connectivity index (χ3v) is 7.01. The second-order valence-corrected chi connectivity index (χ2v) is 9.05. The van der Waals surface area contributed by atoms with Gasteiger partial charge in [-0.25, -0.2) is 0 Å². The van der Waals surface area contributed by atoms with Gasteiger partial charge in [-0.3, -0.25) is 0 Å². The van der Waals surface area contributed by atoms with E-state index in [0.717, 1.165) is 36.8 Å². The van der Waals surface area contributed by atoms with Crippen molar-refractivity contribution in [2.45, 2.75) is 51.3 Å². The molecule has 3 aromatic carbocycles. The number of benzene rings is 3. The van der Waals surface area contributed by atoms with Gasteiger partial charge in [0.25, 0.3) is 0 Å². The van der Waals surface area contributed by atoms with Crippen LogP contribution in [0.4, 0.5) is 0 Å². The molecule has 0 saturated heterocycles. The fourth-order valence-corrected chi connectivity index (χ4v) is 4.87. The average Bonchev–Trinajstić information content (AvgIpc) is 3.36. The van der Waals surface area contributed by atoms with Crippen LogP contribution in [0, 0.1) is 6.92 Å². The molecular formula is C29H35NO4. The monoisotopic (exact) mass is 461 g/mol. The molecular weight excluding hydrogens is 426 g/mol. The first kappa shape index (κ1) is 24.1. The quantitative estimate of drug-likeness (QED) is 0.408. The van der Waals surface area contributed by atoms with Crippen molar-refractivity contribution < 1.29 is 19.3 Å². The normalized spacial score (nSPS) is 14.7. The fourth-order valence-electron chi connectivity index (χ4n) is 4.87. The standard InChI is InChI=1S/C29H35NO4/c1-21-23(12-9-13-25(21)22-10-5-4-6-11-22)19-34-24-16-27(32-2)26(28(17-24)33-3)18-30-29(20-31)14-7-8-15-29/h4-6,9-13,16-17,30-31H,7-8,14-15,18-20H2,1-3H3. The predicted molar refractivity (Wildman–Crippen MR) is 136 cm³/mol. The van der Waals surface area contributed by atoms with Crippen LogP contribution in [0.25, 0.3) is 11.1 Å². The Bertz CT molecular complexity index is 1070. The maximum atomic E-state index is 9.94. The minimum atomic E-state index is -0.216. The zero-order valence-electron chi connectivity index (χ0n) is 20.4. The molecule has 0 aliphatic heterocycles. The van der Waals surface area contributed by atoms with Gasteiger partial charge in [0.2, 0.25) is 0 Å². The summed E-state index contributed by atoms with van der Waals surface area (Å²) in [5.41, 5.74) is 5.47. The second kappa shape index (κ2) is 10.9. The fraction of sp³-hybridized carbons (Fsp3) is 0.379. The Morgan fingerprint density at radius 3 is 2.21 bits per heavy atom. The van der Waals surface area contributed by atoms with Crippen LogP contribution in [0.5, 0.6) is 17.2 Å². The minimum Gasteiger partial charge on any atom is -0.496 e. The molecule has 0 heterocycles. The Morgan fingerprint density at radius 1 is 0.912 bits per heavy atom. The molecule has 1 aliphatic rings. The van der Waals surface area contributed by atoms with Crippen LogP contribution >= 0.6 is 0 Å². The lowest BCUT2D eigenvalue weighted by atomic mass is 9.97. The number of aliphatic hydroxyl groups is 1. The lowest BCUT2D eigenvalue weighted by Crippen LogP contribution is -2.45. The molecule has 4 rings (SSSR count). The summed E-state index contributed by atoms with van der Waals surface area (Å²) in [5, 5.41) is 13.5. The molecule has 34 heavy (non-hydrogen) atoms. The molecule has 0 atom stereocenters. The van der Waals surface area contributed by atoms with E-state index in [2.05, 4.69) is 54.7 Å². The van der Waals surface area contributed by atoms with Crippen LogP contribution in [-0.4, -0.2) is 31.5 Å². The van der Waals surface area contributed by atoms with E-state index >= 15 is 0 Å². The van der Waals surface area contributed by atoms with Crippen LogP contribution in [0.15, 0.2) is 60.7 Å². The molecule has 5 heteroatoms. The minimum absolute atomic E-state index is 0.139. The second-order valence-electron chi connectivity index (χ2n) is 9.05. The molecule has 3 aromatic rings. The van der Waals surface area contributed by atoms with Crippen LogP contribution in [-0.2, 0) is 13.2 Å². The number of hydrogen-bond donors (Lipinski definition) is 2. The van der Waals surface area contributed by atoms with Crippen LogP contribution < -0.4 is 19.5 Å². The molecule has 1 saturated carbocycles. The third kappa shape index (κ3) is 5.21. The van der Waals surface area contributed by atoms with Gasteiger partial charge < -0.3 is 24.6 Å². The highest BCUT2D eigenvalue weighted by molar-refractivity contribution is 5.68. The Balaban J connectivity index is 1.52. The molecule has 0 amide bonds. The van der Waals surface area contributed by atoms with Gasteiger partial charge in [-0.05, 0) is 42.0 Å². The van der Waals surface area contributed by atoms with Crippen LogP contribution in [0.3, 0.4) is 0 Å². The Morgan fingerprint density at radius 2 is 1.59 bits per heavy atom. The van der Waals surface area contributed by atoms with Crippen molar-refractivity contribution in [2.24, 2.45) is 0 Å². The van der Waals surface area contributed by atoms with Gasteiger partial charge in [0, 0.05) is 24.2 Å². The van der Waals surface area contributed by atoms with Crippen molar-refractivity contribution in [3.05, 3.63) is 77.4 Å². The highest BCUT2D eigenvalue weighted by atomic mass is 16.5. The lowest BCUT2D eigenvalue weighted by molar-refractivity contribution is 0.162. The maximum absolute atomic E-state index is 9.94. The summed E-state index contributed by atoms with van der Waals surface area (Å²) < 4.78 is 17.6. The van der Waals surface area contributed by atoms with Gasteiger partial charge in [0.15, 0.2) is 0 Å². The molecule has 0 spiro atoms. The van der Waals surface area contributed by atoms with Crippen molar-refractivity contribution in [3.63, 3.8) is 0 Å². The highest BCUT2D eigenvalue weighted by Crippen LogP contribution is 2.36. The van der Waals surface area contributed by atoms with E-state index in [1.54, 1.807) is 14.2 Å². The summed E-state index contributed by atoms with van der Waals surface area (Å²) in [4.78, 5) is 0. The van der Waals surface area contributed by atoms with Gasteiger partial charge in [-0.1, -0.05) is 61.4 Å². The zero-order valence-corrected chi connectivity index (χ0v) is 20.4. The smallest absolute Gasteiger partial charge is 0.130 e. The SMILES string of the molecule is COc1cc(OCc2cccc(-c3ccccc3)c2C)cc(OC)c1CNC1(CO)CCCC1. The number of hydrogen-bond acceptors (Lipinski definition) is 5. The largest absolute Gasteiger partial charge is 0.496 e. The summed E-state index contributed by atoms with van der Waals surface area (Å²) in [6.45, 7) is 3.28. The van der Waals surface area contributed by atoms with Crippen molar-refractivity contribution in [2.75, 3.05) is 20.8 Å². The van der Waals surface area contributed by atoms with Gasteiger partial charge in [-0.15, -0.1) is 0 Å². The highest BCUT2D eigenvalue weighted by Gasteiger charge is 2.33. The summed E-state index contributed by atoms with van der Waals surface area (Å²) in [7, 11) is 3.32. The molecule has 0 unspecified atom stereocenters. The van der Waals surface area contributed by atoms with E-state index in [1.807, 2.05) is 18.2 Å². The molecule has 2 N–H and O–H groups in total. The Labute approximate surface area is 202 Å². The predicted octanol–water partition coefficient (Wildman–Crippen LogP) is 5.65. The number of aliphatic hydroxyl groups excluding tert-OH is 1. The number of ether oxygens (including phenoxy) is 3. The molecule has 0 bridgehead atoms. The van der Waals surface area contributed by atoms with E-state index in [0.29, 0.717) is 30.4 Å². The van der Waals surface area contributed by atoms with Crippen LogP contribution in [0.2, 0.25) is 0 Å². The third-order valence-electron chi connectivity index (χ3n) is 7.01. The van der Waals surface area contributed by atoms with Crippen molar-refractivity contribution in [3.8, 4) is 28.4 Å². The molecule has 1 aliphatic carbocycles. The molecule has 1 fully saturated rings. The maximum Gasteiger partial charge on any atom is 0.130 e. The number of nitrogens with one attached hydrogen (secondary N) is 1. The van der Waals surface area contributed by atoms with Gasteiger partial charge in [0.05, 0.1) is 26.4 Å². The topological polar surface area (TPSA) is 60.0 Å². The van der Waals surface area contributed by atoms with E-state index in [9.17, 15) is 5.11 Å². The van der Waals surface area contributed by atoms with E-state index < -0.39 is 0 Å². The molecule has 0 radical (unpaired) electrons. The molecule has 0 aromatic heterocycles. The number of rotatable bonds is 10. The summed E-state index contributed by atoms with van der Waals surface area (Å²) in [5.74, 6) is 2.12. The van der Waals surface area contributed by atoms with Crippen molar-refractivity contribution >= 4 is 0 Å². The summed E-state index contributed by atoms with van der Waals surface area (Å²) >= 11 is 0. The van der Waals surface area contributed by atoms with E-state index in [1.165, 1.54) is 16.7 Å². The first-order valence-electron chi connectivity index (χ1n) is 12.0. The lowest BCUT2D eigenvalue weighted by Gasteiger charge is -2.29. The Kier molecular flexibility index (Phi) is 7.76. The summed E-state index contributed by atoms with van der Waals surface area (Å²) in [6, 6.07) is 20.5. The van der Waals surface area contributed by atoms with Crippen molar-refractivity contribution in [1.29, 1.82) is 0 Å².